The fraction of sp³-hybridized carbons (Fsp3) is 0.158. The highest BCUT2D eigenvalue weighted by Crippen LogP contribution is 2.13. The smallest absolute Gasteiger partial charge is 0.241 e. The number of benzene rings is 2. The number of carbonyl (C=O) groups is 2. The van der Waals surface area contributed by atoms with Crippen molar-refractivity contribution in [3.63, 3.8) is 0 Å². The molecule has 0 spiro atoms. The van der Waals surface area contributed by atoms with Crippen molar-refractivity contribution in [1.29, 1.82) is 0 Å². The molecule has 2 aromatic rings. The van der Waals surface area contributed by atoms with Crippen molar-refractivity contribution in [3.05, 3.63) is 71.3 Å². The maximum Gasteiger partial charge on any atom is 0.241 e. The lowest BCUT2D eigenvalue weighted by atomic mass is 10.1. The largest absolute Gasteiger partial charge is 0.548 e. The summed E-state index contributed by atoms with van der Waals surface area (Å²) in [5, 5.41) is 10.7. The third kappa shape index (κ3) is 5.11. The second-order valence-electron chi connectivity index (χ2n) is 5.79. The van der Waals surface area contributed by atoms with Gasteiger partial charge in [0.1, 0.15) is 0 Å². The first-order valence-corrected chi connectivity index (χ1v) is 9.30. The third-order valence-electron chi connectivity index (χ3n) is 3.64. The lowest BCUT2D eigenvalue weighted by molar-refractivity contribution is -0.307. The van der Waals surface area contributed by atoms with Crippen LogP contribution in [0.2, 0.25) is 0 Å². The van der Waals surface area contributed by atoms with Crippen LogP contribution in [0, 0.1) is 6.92 Å². The van der Waals surface area contributed by atoms with E-state index in [4.69, 9.17) is 0 Å². The van der Waals surface area contributed by atoms with Crippen molar-refractivity contribution in [2.45, 2.75) is 24.8 Å². The molecule has 0 saturated heterocycles. The summed E-state index contributed by atoms with van der Waals surface area (Å²) in [4.78, 5) is 22.7. The number of hydrogen-bond donors (Lipinski definition) is 1. The SMILES string of the molecule is Cc1ccc(/C=C/C(=O)c2ccc(S(=O)(=O)N[C@@H](C)C(=O)[O-])cc2)cc1. The highest BCUT2D eigenvalue weighted by Gasteiger charge is 2.18. The molecule has 0 saturated carbocycles. The van der Waals surface area contributed by atoms with Crippen LogP contribution < -0.4 is 9.83 Å². The molecule has 0 bridgehead atoms. The molecule has 1 atom stereocenters. The van der Waals surface area contributed by atoms with Crippen molar-refractivity contribution >= 4 is 27.9 Å². The van der Waals surface area contributed by atoms with E-state index >= 15 is 0 Å². The van der Waals surface area contributed by atoms with Crippen LogP contribution in [-0.2, 0) is 14.8 Å². The minimum absolute atomic E-state index is 0.135. The number of carboxylic acid groups (broad SMARTS) is 1. The zero-order valence-corrected chi connectivity index (χ0v) is 15.1. The molecule has 26 heavy (non-hydrogen) atoms. The number of allylic oxidation sites excluding steroid dienone is 1. The standard InChI is InChI=1S/C19H19NO5S/c1-13-3-5-15(6-4-13)7-12-18(21)16-8-10-17(11-9-16)26(24,25)20-14(2)19(22)23/h3-12,14,20H,1-2H3,(H,22,23)/p-1/b12-7+/t14-/m0/s1. The van der Waals surface area contributed by atoms with Crippen LogP contribution in [0.3, 0.4) is 0 Å². The lowest BCUT2D eigenvalue weighted by Gasteiger charge is -2.14. The Kier molecular flexibility index (Phi) is 6.07. The Balaban J connectivity index is 2.12. The van der Waals surface area contributed by atoms with Crippen LogP contribution in [0.1, 0.15) is 28.4 Å². The Bertz CT molecular complexity index is 929. The zero-order chi connectivity index (χ0) is 19.3. The van der Waals surface area contributed by atoms with E-state index in [1.807, 2.05) is 35.9 Å². The predicted octanol–water partition coefficient (Wildman–Crippen LogP) is 1.31. The first-order valence-electron chi connectivity index (χ1n) is 7.81. The van der Waals surface area contributed by atoms with E-state index < -0.39 is 22.0 Å². The van der Waals surface area contributed by atoms with E-state index in [1.54, 1.807) is 6.08 Å². The van der Waals surface area contributed by atoms with Crippen molar-refractivity contribution in [1.82, 2.24) is 4.72 Å². The zero-order valence-electron chi connectivity index (χ0n) is 14.3. The van der Waals surface area contributed by atoms with Crippen LogP contribution in [0.15, 0.2) is 59.5 Å². The van der Waals surface area contributed by atoms with E-state index in [0.29, 0.717) is 5.56 Å². The van der Waals surface area contributed by atoms with Gasteiger partial charge in [-0.1, -0.05) is 35.9 Å². The van der Waals surface area contributed by atoms with Gasteiger partial charge in [-0.3, -0.25) is 4.79 Å². The van der Waals surface area contributed by atoms with Gasteiger partial charge in [-0.15, -0.1) is 0 Å². The molecule has 0 amide bonds. The Morgan fingerprint density at radius 1 is 1.04 bits per heavy atom. The maximum atomic E-state index is 12.2. The summed E-state index contributed by atoms with van der Waals surface area (Å²) in [6, 6.07) is 11.5. The molecule has 6 nitrogen and oxygen atoms in total. The highest BCUT2D eigenvalue weighted by atomic mass is 32.2. The Hall–Kier alpha value is -2.77. The molecule has 0 aliphatic carbocycles. The van der Waals surface area contributed by atoms with Gasteiger partial charge >= 0.3 is 0 Å². The van der Waals surface area contributed by atoms with Gasteiger partial charge in [0.15, 0.2) is 5.78 Å². The first kappa shape index (κ1) is 19.6. The molecule has 136 valence electrons. The number of ketones is 1. The fourth-order valence-electron chi connectivity index (χ4n) is 2.09. The van der Waals surface area contributed by atoms with Gasteiger partial charge in [0.05, 0.1) is 16.9 Å². The van der Waals surface area contributed by atoms with Gasteiger partial charge in [0.2, 0.25) is 10.0 Å². The van der Waals surface area contributed by atoms with Crippen LogP contribution in [-0.4, -0.2) is 26.2 Å². The molecule has 0 aliphatic heterocycles. The Morgan fingerprint density at radius 2 is 1.62 bits per heavy atom. The van der Waals surface area contributed by atoms with E-state index in [9.17, 15) is 23.1 Å². The van der Waals surface area contributed by atoms with E-state index in [-0.39, 0.29) is 10.7 Å². The minimum Gasteiger partial charge on any atom is -0.548 e. The fourth-order valence-corrected chi connectivity index (χ4v) is 3.29. The number of hydrogen-bond acceptors (Lipinski definition) is 5. The highest BCUT2D eigenvalue weighted by molar-refractivity contribution is 7.89. The summed E-state index contributed by atoms with van der Waals surface area (Å²) in [6.45, 7) is 3.14. The third-order valence-corrected chi connectivity index (χ3v) is 5.20. The number of aryl methyl sites for hydroxylation is 1. The monoisotopic (exact) mass is 372 g/mol. The maximum absolute atomic E-state index is 12.2. The normalized spacial score (nSPS) is 12.8. The summed E-state index contributed by atoms with van der Waals surface area (Å²) in [5.74, 6) is -1.80. The molecule has 0 aromatic heterocycles. The number of rotatable bonds is 7. The van der Waals surface area contributed by atoms with Gasteiger partial charge in [-0.2, -0.15) is 0 Å². The molecule has 2 rings (SSSR count). The van der Waals surface area contributed by atoms with E-state index in [1.165, 1.54) is 37.3 Å². The van der Waals surface area contributed by atoms with E-state index in [0.717, 1.165) is 11.1 Å². The molecule has 0 heterocycles. The van der Waals surface area contributed by atoms with Crippen LogP contribution in [0.4, 0.5) is 0 Å². The summed E-state index contributed by atoms with van der Waals surface area (Å²) >= 11 is 0. The second-order valence-corrected chi connectivity index (χ2v) is 7.51. The number of sulfonamides is 1. The minimum atomic E-state index is -4.01. The first-order chi connectivity index (χ1) is 12.2. The molecular weight excluding hydrogens is 354 g/mol. The average Bonchev–Trinajstić information content (AvgIpc) is 2.60. The summed E-state index contributed by atoms with van der Waals surface area (Å²) < 4.78 is 26.1. The molecule has 0 fully saturated rings. The van der Waals surface area contributed by atoms with Crippen LogP contribution >= 0.6 is 0 Å². The van der Waals surface area contributed by atoms with Gasteiger partial charge in [0.25, 0.3) is 0 Å². The molecule has 0 unspecified atom stereocenters. The van der Waals surface area contributed by atoms with Crippen molar-refractivity contribution < 1.29 is 23.1 Å². The van der Waals surface area contributed by atoms with Gasteiger partial charge in [-0.25, -0.2) is 13.1 Å². The van der Waals surface area contributed by atoms with E-state index in [2.05, 4.69) is 0 Å². The van der Waals surface area contributed by atoms with Crippen LogP contribution in [0.5, 0.6) is 0 Å². The summed E-state index contributed by atoms with van der Waals surface area (Å²) in [6.07, 6.45) is 3.08. The quantitative estimate of drug-likeness (QED) is 0.583. The summed E-state index contributed by atoms with van der Waals surface area (Å²) in [5.41, 5.74) is 2.32. The average molecular weight is 372 g/mol. The van der Waals surface area contributed by atoms with Crippen molar-refractivity contribution in [2.24, 2.45) is 0 Å². The Morgan fingerprint density at radius 3 is 2.15 bits per heavy atom. The number of nitrogens with one attached hydrogen (secondary N) is 1. The molecule has 1 N–H and O–H groups in total. The lowest BCUT2D eigenvalue weighted by Crippen LogP contribution is -2.45. The number of carboxylic acids is 1. The van der Waals surface area contributed by atoms with Gasteiger partial charge < -0.3 is 9.90 Å². The summed E-state index contributed by atoms with van der Waals surface area (Å²) in [7, 11) is -4.01. The topological polar surface area (TPSA) is 103 Å². The van der Waals surface area contributed by atoms with Gasteiger partial charge in [0, 0.05) is 5.56 Å². The van der Waals surface area contributed by atoms with Crippen molar-refractivity contribution in [2.75, 3.05) is 0 Å². The predicted molar refractivity (Wildman–Crippen MR) is 95.8 cm³/mol. The molecule has 7 heteroatoms. The van der Waals surface area contributed by atoms with Crippen molar-refractivity contribution in [3.8, 4) is 0 Å². The molecule has 0 radical (unpaired) electrons. The molecule has 2 aromatic carbocycles. The number of aliphatic carboxylic acids is 1. The molecular formula is C19H18NO5S-. The Labute approximate surface area is 152 Å². The van der Waals surface area contributed by atoms with Crippen LogP contribution in [0.25, 0.3) is 6.08 Å². The number of carbonyl (C=O) groups excluding carboxylic acids is 2. The second kappa shape index (κ2) is 8.07. The molecule has 0 aliphatic rings. The van der Waals surface area contributed by atoms with Gasteiger partial charge in [-0.05, 0) is 49.8 Å².